The maximum atomic E-state index is 5.75. The van der Waals surface area contributed by atoms with E-state index in [9.17, 15) is 0 Å². The zero-order valence-electron chi connectivity index (χ0n) is 12.5. The zero-order chi connectivity index (χ0) is 13.2. The van der Waals surface area contributed by atoms with Crippen LogP contribution in [0.2, 0.25) is 0 Å². The predicted octanol–water partition coefficient (Wildman–Crippen LogP) is 2.26. The minimum absolute atomic E-state index is 0.441. The zero-order valence-corrected chi connectivity index (χ0v) is 12.5. The number of piperidine rings is 1. The fraction of sp³-hybridized carbons (Fsp3) is 1.00. The highest BCUT2D eigenvalue weighted by Crippen LogP contribution is 2.40. The predicted molar refractivity (Wildman–Crippen MR) is 75.9 cm³/mol. The van der Waals surface area contributed by atoms with Crippen LogP contribution in [0.15, 0.2) is 0 Å². The highest BCUT2D eigenvalue weighted by molar-refractivity contribution is 5.01. The first-order valence-corrected chi connectivity index (χ1v) is 7.61. The Hall–Kier alpha value is -0.120. The van der Waals surface area contributed by atoms with E-state index in [1.165, 1.54) is 38.8 Å². The van der Waals surface area contributed by atoms with E-state index >= 15 is 0 Å². The minimum Gasteiger partial charge on any atom is -0.378 e. The maximum absolute atomic E-state index is 5.75. The summed E-state index contributed by atoms with van der Waals surface area (Å²) in [5.41, 5.74) is 0.441. The molecule has 1 aliphatic heterocycles. The Kier molecular flexibility index (Phi) is 4.68. The standard InChI is InChI=1S/C15H30N2O/c1-5-18-12-7-10-17(11-8-12)13-6-9-15(2,3)14(13)16-4/h12-14,16H,5-11H2,1-4H3. The summed E-state index contributed by atoms with van der Waals surface area (Å²) in [5.74, 6) is 0. The quantitative estimate of drug-likeness (QED) is 0.833. The molecule has 3 nitrogen and oxygen atoms in total. The Labute approximate surface area is 112 Å². The van der Waals surface area contributed by atoms with Gasteiger partial charge in [-0.05, 0) is 45.1 Å². The molecule has 1 heterocycles. The van der Waals surface area contributed by atoms with Gasteiger partial charge in [0.15, 0.2) is 0 Å². The average Bonchev–Trinajstić information content (AvgIpc) is 2.65. The Morgan fingerprint density at radius 1 is 1.22 bits per heavy atom. The summed E-state index contributed by atoms with van der Waals surface area (Å²) in [6.07, 6.45) is 5.61. The van der Waals surface area contributed by atoms with Crippen molar-refractivity contribution >= 4 is 0 Å². The summed E-state index contributed by atoms with van der Waals surface area (Å²) < 4.78 is 5.75. The molecule has 1 aliphatic carbocycles. The van der Waals surface area contributed by atoms with Crippen LogP contribution < -0.4 is 5.32 Å². The topological polar surface area (TPSA) is 24.5 Å². The second-order valence-electron chi connectivity index (χ2n) is 6.55. The van der Waals surface area contributed by atoms with Gasteiger partial charge >= 0.3 is 0 Å². The lowest BCUT2D eigenvalue weighted by atomic mass is 9.86. The van der Waals surface area contributed by atoms with Crippen molar-refractivity contribution in [3.05, 3.63) is 0 Å². The van der Waals surface area contributed by atoms with Gasteiger partial charge in [0.1, 0.15) is 0 Å². The number of nitrogens with one attached hydrogen (secondary N) is 1. The number of rotatable bonds is 4. The summed E-state index contributed by atoms with van der Waals surface area (Å²) in [5, 5.41) is 3.57. The summed E-state index contributed by atoms with van der Waals surface area (Å²) in [4.78, 5) is 2.70. The summed E-state index contributed by atoms with van der Waals surface area (Å²) in [6.45, 7) is 10.2. The fourth-order valence-corrected chi connectivity index (χ4v) is 3.95. The van der Waals surface area contributed by atoms with Crippen molar-refractivity contribution in [3.8, 4) is 0 Å². The molecule has 3 heteroatoms. The lowest BCUT2D eigenvalue weighted by Gasteiger charge is -2.40. The van der Waals surface area contributed by atoms with Gasteiger partial charge in [0.25, 0.3) is 0 Å². The van der Waals surface area contributed by atoms with Crippen LogP contribution in [0.5, 0.6) is 0 Å². The molecule has 0 aromatic rings. The van der Waals surface area contributed by atoms with Gasteiger partial charge in [-0.2, -0.15) is 0 Å². The van der Waals surface area contributed by atoms with E-state index in [1.54, 1.807) is 0 Å². The largest absolute Gasteiger partial charge is 0.378 e. The molecule has 2 aliphatic rings. The second-order valence-corrected chi connectivity index (χ2v) is 6.55. The Balaban J connectivity index is 1.90. The molecule has 1 saturated carbocycles. The van der Waals surface area contributed by atoms with Crippen LogP contribution in [0.25, 0.3) is 0 Å². The smallest absolute Gasteiger partial charge is 0.0599 e. The van der Waals surface area contributed by atoms with Crippen LogP contribution in [-0.4, -0.2) is 49.8 Å². The summed E-state index contributed by atoms with van der Waals surface area (Å²) in [7, 11) is 2.12. The number of hydrogen-bond acceptors (Lipinski definition) is 3. The van der Waals surface area contributed by atoms with Gasteiger partial charge in [-0.1, -0.05) is 13.8 Å². The first-order chi connectivity index (χ1) is 8.58. The van der Waals surface area contributed by atoms with Crippen LogP contribution in [0.3, 0.4) is 0 Å². The van der Waals surface area contributed by atoms with Crippen molar-refractivity contribution in [1.82, 2.24) is 10.2 Å². The van der Waals surface area contributed by atoms with Crippen LogP contribution in [0, 0.1) is 5.41 Å². The summed E-state index contributed by atoms with van der Waals surface area (Å²) >= 11 is 0. The van der Waals surface area contributed by atoms with E-state index in [4.69, 9.17) is 4.74 Å². The number of hydrogen-bond donors (Lipinski definition) is 1. The highest BCUT2D eigenvalue weighted by atomic mass is 16.5. The molecule has 1 N–H and O–H groups in total. The normalized spacial score (nSPS) is 34.0. The third-order valence-electron chi connectivity index (χ3n) is 4.97. The number of nitrogens with zero attached hydrogens (tertiary/aromatic N) is 1. The molecule has 1 saturated heterocycles. The van der Waals surface area contributed by atoms with Crippen molar-refractivity contribution < 1.29 is 4.74 Å². The fourth-order valence-electron chi connectivity index (χ4n) is 3.95. The molecule has 2 atom stereocenters. The van der Waals surface area contributed by atoms with Gasteiger partial charge < -0.3 is 10.1 Å². The number of ether oxygens (including phenoxy) is 1. The van der Waals surface area contributed by atoms with E-state index in [0.717, 1.165) is 12.6 Å². The van der Waals surface area contributed by atoms with Crippen molar-refractivity contribution in [2.75, 3.05) is 26.7 Å². The van der Waals surface area contributed by atoms with Gasteiger partial charge in [-0.25, -0.2) is 0 Å². The second kappa shape index (κ2) is 5.89. The lowest BCUT2D eigenvalue weighted by Crippen LogP contribution is -2.53. The van der Waals surface area contributed by atoms with E-state index in [2.05, 4.69) is 38.0 Å². The average molecular weight is 254 g/mol. The SMILES string of the molecule is CCOC1CCN(C2CCC(C)(C)C2NC)CC1. The Morgan fingerprint density at radius 2 is 1.89 bits per heavy atom. The van der Waals surface area contributed by atoms with Crippen LogP contribution in [-0.2, 0) is 4.74 Å². The van der Waals surface area contributed by atoms with Crippen molar-refractivity contribution in [2.45, 2.75) is 64.6 Å². The number of likely N-dealkylation sites (N-methyl/N-ethyl adjacent to an activating group) is 1. The first-order valence-electron chi connectivity index (χ1n) is 7.61. The third-order valence-corrected chi connectivity index (χ3v) is 4.97. The molecular formula is C15H30N2O. The molecule has 0 amide bonds. The Morgan fingerprint density at radius 3 is 2.44 bits per heavy atom. The molecule has 106 valence electrons. The first kappa shape index (κ1) is 14.3. The molecule has 2 fully saturated rings. The van der Waals surface area contributed by atoms with E-state index in [1.807, 2.05) is 0 Å². The third kappa shape index (κ3) is 2.89. The van der Waals surface area contributed by atoms with Crippen molar-refractivity contribution in [2.24, 2.45) is 5.41 Å². The maximum Gasteiger partial charge on any atom is 0.0599 e. The monoisotopic (exact) mass is 254 g/mol. The number of likely N-dealkylation sites (tertiary alicyclic amines) is 1. The van der Waals surface area contributed by atoms with Gasteiger partial charge in [0.2, 0.25) is 0 Å². The molecule has 0 spiro atoms. The van der Waals surface area contributed by atoms with Crippen LogP contribution in [0.4, 0.5) is 0 Å². The Bertz CT molecular complexity index is 259. The van der Waals surface area contributed by atoms with Gasteiger partial charge in [0, 0.05) is 31.8 Å². The van der Waals surface area contributed by atoms with E-state index in [-0.39, 0.29) is 0 Å². The minimum atomic E-state index is 0.441. The molecule has 2 unspecified atom stereocenters. The lowest BCUT2D eigenvalue weighted by molar-refractivity contribution is -0.0000955. The molecule has 0 bridgehead atoms. The molecule has 0 aromatic carbocycles. The van der Waals surface area contributed by atoms with Crippen molar-refractivity contribution in [3.63, 3.8) is 0 Å². The molecule has 0 aromatic heterocycles. The highest BCUT2D eigenvalue weighted by Gasteiger charge is 2.44. The van der Waals surface area contributed by atoms with Crippen LogP contribution >= 0.6 is 0 Å². The van der Waals surface area contributed by atoms with Gasteiger partial charge in [0.05, 0.1) is 6.10 Å². The molecule has 2 rings (SSSR count). The molecule has 18 heavy (non-hydrogen) atoms. The van der Waals surface area contributed by atoms with Gasteiger partial charge in [-0.3, -0.25) is 4.90 Å². The molecular weight excluding hydrogens is 224 g/mol. The molecule has 0 radical (unpaired) electrons. The van der Waals surface area contributed by atoms with Crippen molar-refractivity contribution in [1.29, 1.82) is 0 Å². The van der Waals surface area contributed by atoms with E-state index < -0.39 is 0 Å². The van der Waals surface area contributed by atoms with E-state index in [0.29, 0.717) is 17.6 Å². The van der Waals surface area contributed by atoms with Crippen LogP contribution in [0.1, 0.15) is 46.5 Å². The summed E-state index contributed by atoms with van der Waals surface area (Å²) in [6, 6.07) is 1.37. The van der Waals surface area contributed by atoms with Gasteiger partial charge in [-0.15, -0.1) is 0 Å².